The third-order valence-corrected chi connectivity index (χ3v) is 2.37. The Balaban J connectivity index is 2.46. The van der Waals surface area contributed by atoms with Gasteiger partial charge in [-0.3, -0.25) is 14.5 Å². The smallest absolute Gasteiger partial charge is 0.309 e. The van der Waals surface area contributed by atoms with Gasteiger partial charge in [-0.15, -0.1) is 0 Å². The number of nitrogens with zero attached hydrogens (tertiary/aromatic N) is 3. The van der Waals surface area contributed by atoms with Crippen LogP contribution in [-0.2, 0) is 18.3 Å². The van der Waals surface area contributed by atoms with Crippen molar-refractivity contribution in [2.45, 2.75) is 6.42 Å². The molecule has 0 fully saturated rings. The van der Waals surface area contributed by atoms with E-state index in [-0.39, 0.29) is 6.42 Å². The third kappa shape index (κ3) is 1.93. The van der Waals surface area contributed by atoms with Crippen molar-refractivity contribution in [3.05, 3.63) is 36.4 Å². The molecule has 2 aromatic rings. The highest BCUT2D eigenvalue weighted by atomic mass is 16.4. The molecular weight excluding hydrogens is 206 g/mol. The molecule has 0 aliphatic carbocycles. The third-order valence-electron chi connectivity index (χ3n) is 2.37. The minimum absolute atomic E-state index is 0.0336. The van der Waals surface area contributed by atoms with E-state index in [1.807, 2.05) is 12.1 Å². The highest BCUT2D eigenvalue weighted by Gasteiger charge is 2.13. The van der Waals surface area contributed by atoms with Crippen LogP contribution in [0.4, 0.5) is 0 Å². The van der Waals surface area contributed by atoms with E-state index in [9.17, 15) is 4.79 Å². The standard InChI is InChI=1S/C11H11N3O2/c1-14-10(6-11(15)16)9(7-13-14)8-2-4-12-5-3-8/h2-5,7H,6H2,1H3,(H,15,16). The van der Waals surface area contributed by atoms with Crippen LogP contribution in [0.15, 0.2) is 30.7 Å². The lowest BCUT2D eigenvalue weighted by molar-refractivity contribution is -0.136. The number of aliphatic carboxylic acids is 1. The number of aromatic nitrogens is 3. The number of hydrogen-bond acceptors (Lipinski definition) is 3. The highest BCUT2D eigenvalue weighted by molar-refractivity contribution is 5.75. The Bertz CT molecular complexity index is 505. The molecule has 5 heteroatoms. The molecule has 0 aliphatic rings. The summed E-state index contributed by atoms with van der Waals surface area (Å²) in [6.45, 7) is 0. The summed E-state index contributed by atoms with van der Waals surface area (Å²) < 4.78 is 1.59. The summed E-state index contributed by atoms with van der Waals surface area (Å²) >= 11 is 0. The second-order valence-corrected chi connectivity index (χ2v) is 3.43. The molecule has 0 spiro atoms. The SMILES string of the molecule is Cn1ncc(-c2ccncc2)c1CC(=O)O. The average Bonchev–Trinajstić information content (AvgIpc) is 2.61. The highest BCUT2D eigenvalue weighted by Crippen LogP contribution is 2.22. The predicted octanol–water partition coefficient (Wildman–Crippen LogP) is 1.11. The molecule has 0 bridgehead atoms. The number of hydrogen-bond donors (Lipinski definition) is 1. The molecule has 0 amide bonds. The normalized spacial score (nSPS) is 10.3. The molecule has 0 saturated carbocycles. The van der Waals surface area contributed by atoms with Crippen LogP contribution in [0, 0.1) is 0 Å². The van der Waals surface area contributed by atoms with E-state index in [1.54, 1.807) is 30.3 Å². The van der Waals surface area contributed by atoms with Crippen molar-refractivity contribution in [2.75, 3.05) is 0 Å². The number of carboxylic acid groups (broad SMARTS) is 1. The fourth-order valence-electron chi connectivity index (χ4n) is 1.59. The van der Waals surface area contributed by atoms with Crippen LogP contribution in [0.1, 0.15) is 5.69 Å². The molecule has 0 aromatic carbocycles. The first kappa shape index (κ1) is 10.4. The molecule has 2 rings (SSSR count). The van der Waals surface area contributed by atoms with E-state index in [1.165, 1.54) is 0 Å². The first-order valence-corrected chi connectivity index (χ1v) is 4.81. The fourth-order valence-corrected chi connectivity index (χ4v) is 1.59. The first-order chi connectivity index (χ1) is 7.68. The van der Waals surface area contributed by atoms with Crippen LogP contribution in [0.25, 0.3) is 11.1 Å². The molecule has 0 unspecified atom stereocenters. The summed E-state index contributed by atoms with van der Waals surface area (Å²) in [5.41, 5.74) is 2.46. The minimum atomic E-state index is -0.862. The van der Waals surface area contributed by atoms with Crippen LogP contribution >= 0.6 is 0 Å². The van der Waals surface area contributed by atoms with E-state index < -0.39 is 5.97 Å². The summed E-state index contributed by atoms with van der Waals surface area (Å²) in [5, 5.41) is 12.9. The van der Waals surface area contributed by atoms with E-state index in [0.29, 0.717) is 5.69 Å². The monoisotopic (exact) mass is 217 g/mol. The van der Waals surface area contributed by atoms with Gasteiger partial charge in [0.1, 0.15) is 0 Å². The average molecular weight is 217 g/mol. The van der Waals surface area contributed by atoms with Gasteiger partial charge in [0, 0.05) is 25.0 Å². The Labute approximate surface area is 92.4 Å². The number of pyridine rings is 1. The van der Waals surface area contributed by atoms with E-state index in [4.69, 9.17) is 5.11 Å². The number of carbonyl (C=O) groups is 1. The van der Waals surface area contributed by atoms with Crippen molar-refractivity contribution in [1.82, 2.24) is 14.8 Å². The van der Waals surface area contributed by atoms with Crippen molar-refractivity contribution < 1.29 is 9.90 Å². The van der Waals surface area contributed by atoms with Crippen LogP contribution < -0.4 is 0 Å². The van der Waals surface area contributed by atoms with E-state index in [0.717, 1.165) is 11.1 Å². The molecule has 0 atom stereocenters. The molecule has 1 N–H and O–H groups in total. The molecule has 0 saturated heterocycles. The van der Waals surface area contributed by atoms with Gasteiger partial charge in [-0.1, -0.05) is 0 Å². The summed E-state index contributed by atoms with van der Waals surface area (Å²) in [6.07, 6.45) is 4.99. The van der Waals surface area contributed by atoms with Crippen molar-refractivity contribution in [2.24, 2.45) is 7.05 Å². The number of aryl methyl sites for hydroxylation is 1. The Morgan fingerprint density at radius 3 is 2.75 bits per heavy atom. The molecule has 0 aliphatic heterocycles. The maximum absolute atomic E-state index is 10.7. The van der Waals surface area contributed by atoms with Crippen molar-refractivity contribution >= 4 is 5.97 Å². The maximum Gasteiger partial charge on any atom is 0.309 e. The molecule has 16 heavy (non-hydrogen) atoms. The quantitative estimate of drug-likeness (QED) is 0.836. The van der Waals surface area contributed by atoms with Gasteiger partial charge < -0.3 is 5.11 Å². The van der Waals surface area contributed by atoms with Crippen LogP contribution in [0.5, 0.6) is 0 Å². The Hall–Kier alpha value is -2.17. The van der Waals surface area contributed by atoms with Gasteiger partial charge in [0.05, 0.1) is 18.3 Å². The van der Waals surface area contributed by atoms with Crippen LogP contribution in [0.2, 0.25) is 0 Å². The Kier molecular flexibility index (Phi) is 2.68. The van der Waals surface area contributed by atoms with Gasteiger partial charge in [0.25, 0.3) is 0 Å². The Morgan fingerprint density at radius 2 is 2.12 bits per heavy atom. The van der Waals surface area contributed by atoms with Gasteiger partial charge in [0.15, 0.2) is 0 Å². The summed E-state index contributed by atoms with van der Waals surface area (Å²) in [4.78, 5) is 14.7. The Morgan fingerprint density at radius 1 is 1.44 bits per heavy atom. The maximum atomic E-state index is 10.7. The first-order valence-electron chi connectivity index (χ1n) is 4.81. The molecule has 2 aromatic heterocycles. The van der Waals surface area contributed by atoms with Crippen molar-refractivity contribution in [3.8, 4) is 11.1 Å². The minimum Gasteiger partial charge on any atom is -0.481 e. The van der Waals surface area contributed by atoms with Crippen LogP contribution in [0.3, 0.4) is 0 Å². The molecular formula is C11H11N3O2. The van der Waals surface area contributed by atoms with Gasteiger partial charge >= 0.3 is 5.97 Å². The molecule has 5 nitrogen and oxygen atoms in total. The topological polar surface area (TPSA) is 68.0 Å². The van der Waals surface area contributed by atoms with Crippen molar-refractivity contribution in [1.29, 1.82) is 0 Å². The van der Waals surface area contributed by atoms with E-state index >= 15 is 0 Å². The van der Waals surface area contributed by atoms with Gasteiger partial charge in [0.2, 0.25) is 0 Å². The molecule has 2 heterocycles. The zero-order chi connectivity index (χ0) is 11.5. The molecule has 0 radical (unpaired) electrons. The van der Waals surface area contributed by atoms with Gasteiger partial charge in [-0.25, -0.2) is 0 Å². The second kappa shape index (κ2) is 4.14. The van der Waals surface area contributed by atoms with E-state index in [2.05, 4.69) is 10.1 Å². The van der Waals surface area contributed by atoms with Crippen molar-refractivity contribution in [3.63, 3.8) is 0 Å². The predicted molar refractivity (Wildman–Crippen MR) is 57.8 cm³/mol. The lowest BCUT2D eigenvalue weighted by atomic mass is 10.1. The molecule has 82 valence electrons. The lowest BCUT2D eigenvalue weighted by Crippen LogP contribution is -2.07. The fraction of sp³-hybridized carbons (Fsp3) is 0.182. The zero-order valence-corrected chi connectivity index (χ0v) is 8.79. The largest absolute Gasteiger partial charge is 0.481 e. The zero-order valence-electron chi connectivity index (χ0n) is 8.79. The second-order valence-electron chi connectivity index (χ2n) is 3.43. The lowest BCUT2D eigenvalue weighted by Gasteiger charge is -2.03. The summed E-state index contributed by atoms with van der Waals surface area (Å²) in [6, 6.07) is 3.67. The summed E-state index contributed by atoms with van der Waals surface area (Å²) in [5.74, 6) is -0.862. The van der Waals surface area contributed by atoms with Crippen LogP contribution in [-0.4, -0.2) is 25.8 Å². The number of rotatable bonds is 3. The van der Waals surface area contributed by atoms with Gasteiger partial charge in [-0.05, 0) is 17.7 Å². The van der Waals surface area contributed by atoms with Gasteiger partial charge in [-0.2, -0.15) is 5.10 Å². The summed E-state index contributed by atoms with van der Waals surface area (Å²) in [7, 11) is 1.74. The number of carboxylic acids is 1.